The van der Waals surface area contributed by atoms with Gasteiger partial charge in [-0.3, -0.25) is 14.7 Å². The standard InChI is InChI=1S/C21H29N5O2/c22-21(28)18-13-15(12-16-14-23-24-20(16)18)4-5-19(27)26-10-6-17(7-11-26)25-8-2-1-3-9-25/h12-14,17H,1-11H2,(H2,22,28)(H,23,24). The maximum absolute atomic E-state index is 12.7. The minimum absolute atomic E-state index is 0.199. The molecule has 2 aliphatic rings. The molecule has 0 bridgehead atoms. The number of hydrogen-bond donors (Lipinski definition) is 2. The van der Waals surface area contributed by atoms with Gasteiger partial charge in [0.05, 0.1) is 17.3 Å². The van der Waals surface area contributed by atoms with E-state index in [4.69, 9.17) is 5.73 Å². The van der Waals surface area contributed by atoms with Gasteiger partial charge in [0.25, 0.3) is 5.91 Å². The van der Waals surface area contributed by atoms with Crippen LogP contribution in [0.1, 0.15) is 54.4 Å². The van der Waals surface area contributed by atoms with Crippen LogP contribution < -0.4 is 5.73 Å². The van der Waals surface area contributed by atoms with Gasteiger partial charge >= 0.3 is 0 Å². The van der Waals surface area contributed by atoms with E-state index in [0.29, 0.717) is 30.0 Å². The molecule has 1 aromatic carbocycles. The molecule has 0 saturated carbocycles. The molecule has 150 valence electrons. The van der Waals surface area contributed by atoms with Crippen LogP contribution in [0.15, 0.2) is 18.3 Å². The van der Waals surface area contributed by atoms with E-state index in [9.17, 15) is 9.59 Å². The van der Waals surface area contributed by atoms with Crippen molar-refractivity contribution in [2.24, 2.45) is 5.73 Å². The normalized spacial score (nSPS) is 19.2. The molecule has 0 spiro atoms. The molecule has 1 aromatic heterocycles. The largest absolute Gasteiger partial charge is 0.366 e. The quantitative estimate of drug-likeness (QED) is 0.826. The van der Waals surface area contributed by atoms with Crippen molar-refractivity contribution in [2.75, 3.05) is 26.2 Å². The van der Waals surface area contributed by atoms with Gasteiger partial charge < -0.3 is 15.5 Å². The second-order valence-corrected chi connectivity index (χ2v) is 8.05. The fraction of sp³-hybridized carbons (Fsp3) is 0.571. The first-order valence-electron chi connectivity index (χ1n) is 10.4. The molecule has 3 N–H and O–H groups in total. The topological polar surface area (TPSA) is 95.3 Å². The van der Waals surface area contributed by atoms with Crippen molar-refractivity contribution in [1.29, 1.82) is 0 Å². The van der Waals surface area contributed by atoms with Crippen molar-refractivity contribution in [3.05, 3.63) is 29.5 Å². The number of piperidine rings is 2. The molecule has 2 saturated heterocycles. The fourth-order valence-electron chi connectivity index (χ4n) is 4.63. The highest BCUT2D eigenvalue weighted by Gasteiger charge is 2.27. The number of rotatable bonds is 5. The Labute approximate surface area is 165 Å². The third-order valence-electron chi connectivity index (χ3n) is 6.23. The Morgan fingerprint density at radius 2 is 1.86 bits per heavy atom. The number of nitrogens with two attached hydrogens (primary N) is 1. The van der Waals surface area contributed by atoms with Crippen LogP contribution in [0.25, 0.3) is 10.9 Å². The molecule has 7 heteroatoms. The van der Waals surface area contributed by atoms with Crippen molar-refractivity contribution >= 4 is 22.7 Å². The molecule has 2 aromatic rings. The molecule has 28 heavy (non-hydrogen) atoms. The molecule has 3 heterocycles. The molecule has 7 nitrogen and oxygen atoms in total. The first kappa shape index (κ1) is 18.9. The summed E-state index contributed by atoms with van der Waals surface area (Å²) in [7, 11) is 0. The van der Waals surface area contributed by atoms with Gasteiger partial charge in [-0.1, -0.05) is 6.42 Å². The molecule has 2 amide bonds. The highest BCUT2D eigenvalue weighted by atomic mass is 16.2. The van der Waals surface area contributed by atoms with Crippen molar-refractivity contribution < 1.29 is 9.59 Å². The Kier molecular flexibility index (Phi) is 5.62. The number of likely N-dealkylation sites (tertiary alicyclic amines) is 2. The maximum atomic E-state index is 12.7. The van der Waals surface area contributed by atoms with E-state index in [-0.39, 0.29) is 5.91 Å². The number of benzene rings is 1. The predicted octanol–water partition coefficient (Wildman–Crippen LogP) is 2.07. The van der Waals surface area contributed by atoms with Gasteiger partial charge in [-0.2, -0.15) is 5.10 Å². The van der Waals surface area contributed by atoms with Crippen LogP contribution in [0.4, 0.5) is 0 Å². The Hall–Kier alpha value is -2.41. The third-order valence-corrected chi connectivity index (χ3v) is 6.23. The van der Waals surface area contributed by atoms with Gasteiger partial charge in [-0.25, -0.2) is 0 Å². The lowest BCUT2D eigenvalue weighted by molar-refractivity contribution is -0.132. The van der Waals surface area contributed by atoms with Crippen LogP contribution in [0.3, 0.4) is 0 Å². The summed E-state index contributed by atoms with van der Waals surface area (Å²) < 4.78 is 0. The zero-order valence-electron chi connectivity index (χ0n) is 16.3. The lowest BCUT2D eigenvalue weighted by Gasteiger charge is -2.40. The van der Waals surface area contributed by atoms with E-state index < -0.39 is 5.91 Å². The summed E-state index contributed by atoms with van der Waals surface area (Å²) in [5, 5.41) is 7.65. The zero-order valence-corrected chi connectivity index (χ0v) is 16.3. The van der Waals surface area contributed by atoms with E-state index in [1.165, 1.54) is 32.4 Å². The van der Waals surface area contributed by atoms with E-state index in [1.54, 1.807) is 12.3 Å². The van der Waals surface area contributed by atoms with Gasteiger partial charge in [-0.15, -0.1) is 0 Å². The van der Waals surface area contributed by atoms with E-state index >= 15 is 0 Å². The number of aromatic nitrogens is 2. The molecule has 0 radical (unpaired) electrons. The lowest BCUT2D eigenvalue weighted by atomic mass is 9.99. The monoisotopic (exact) mass is 383 g/mol. The molecule has 2 fully saturated rings. The molecule has 0 atom stereocenters. The average Bonchev–Trinajstić information content (AvgIpc) is 3.20. The summed E-state index contributed by atoms with van der Waals surface area (Å²) in [6.07, 6.45) is 8.88. The number of fused-ring (bicyclic) bond motifs is 1. The number of aromatic amines is 1. The van der Waals surface area contributed by atoms with Crippen molar-refractivity contribution in [1.82, 2.24) is 20.0 Å². The van der Waals surface area contributed by atoms with Crippen LogP contribution >= 0.6 is 0 Å². The highest BCUT2D eigenvalue weighted by Crippen LogP contribution is 2.23. The fourth-order valence-corrected chi connectivity index (χ4v) is 4.63. The first-order valence-corrected chi connectivity index (χ1v) is 10.4. The second-order valence-electron chi connectivity index (χ2n) is 8.05. The molecular weight excluding hydrogens is 354 g/mol. The number of carbonyl (C=O) groups excluding carboxylic acids is 2. The van der Waals surface area contributed by atoms with Gasteiger partial charge in [0, 0.05) is 30.9 Å². The summed E-state index contributed by atoms with van der Waals surface area (Å²) in [6.45, 7) is 4.15. The second kappa shape index (κ2) is 8.31. The SMILES string of the molecule is NC(=O)c1cc(CCC(=O)N2CCC(N3CCCCC3)CC2)cc2cn[nH]c12. The van der Waals surface area contributed by atoms with Crippen molar-refractivity contribution in [3.63, 3.8) is 0 Å². The number of H-pyrrole nitrogens is 1. The van der Waals surface area contributed by atoms with Gasteiger partial charge in [0.15, 0.2) is 0 Å². The Morgan fingerprint density at radius 1 is 1.11 bits per heavy atom. The van der Waals surface area contributed by atoms with Crippen LogP contribution in [0, 0.1) is 0 Å². The number of primary amides is 1. The van der Waals surface area contributed by atoms with Crippen LogP contribution in [0.2, 0.25) is 0 Å². The molecule has 0 aliphatic carbocycles. The average molecular weight is 383 g/mol. The lowest BCUT2D eigenvalue weighted by Crippen LogP contribution is -2.48. The summed E-state index contributed by atoms with van der Waals surface area (Å²) in [4.78, 5) is 29.0. The van der Waals surface area contributed by atoms with E-state index in [1.807, 2.05) is 11.0 Å². The summed E-state index contributed by atoms with van der Waals surface area (Å²) >= 11 is 0. The number of hydrogen-bond acceptors (Lipinski definition) is 4. The molecular formula is C21H29N5O2. The zero-order chi connectivity index (χ0) is 19.5. The Bertz CT molecular complexity index is 848. The number of nitrogens with one attached hydrogen (secondary N) is 1. The Morgan fingerprint density at radius 3 is 2.57 bits per heavy atom. The molecule has 4 rings (SSSR count). The van der Waals surface area contributed by atoms with Crippen LogP contribution in [-0.4, -0.2) is 64.0 Å². The number of amides is 2. The minimum atomic E-state index is -0.484. The van der Waals surface area contributed by atoms with Crippen molar-refractivity contribution in [3.8, 4) is 0 Å². The van der Waals surface area contributed by atoms with Gasteiger partial charge in [-0.05, 0) is 62.9 Å². The summed E-state index contributed by atoms with van der Waals surface area (Å²) in [5.74, 6) is -0.285. The highest BCUT2D eigenvalue weighted by molar-refractivity contribution is 6.04. The predicted molar refractivity (Wildman–Crippen MR) is 108 cm³/mol. The van der Waals surface area contributed by atoms with Crippen LogP contribution in [0.5, 0.6) is 0 Å². The number of aryl methyl sites for hydroxylation is 1. The van der Waals surface area contributed by atoms with E-state index in [2.05, 4.69) is 15.1 Å². The molecule has 2 aliphatic heterocycles. The Balaban J connectivity index is 1.32. The smallest absolute Gasteiger partial charge is 0.250 e. The van der Waals surface area contributed by atoms with E-state index in [0.717, 1.165) is 36.9 Å². The van der Waals surface area contributed by atoms with Crippen LogP contribution in [-0.2, 0) is 11.2 Å². The van der Waals surface area contributed by atoms with Crippen molar-refractivity contribution in [2.45, 2.75) is 51.0 Å². The summed E-state index contributed by atoms with van der Waals surface area (Å²) in [6, 6.07) is 4.39. The summed E-state index contributed by atoms with van der Waals surface area (Å²) in [5.41, 5.74) is 7.52. The minimum Gasteiger partial charge on any atom is -0.366 e. The maximum Gasteiger partial charge on any atom is 0.250 e. The first-order chi connectivity index (χ1) is 13.6. The third kappa shape index (κ3) is 4.04. The number of nitrogens with zero attached hydrogens (tertiary/aromatic N) is 3. The van der Waals surface area contributed by atoms with Gasteiger partial charge in [0.2, 0.25) is 5.91 Å². The van der Waals surface area contributed by atoms with Gasteiger partial charge in [0.1, 0.15) is 0 Å². The molecule has 0 unspecified atom stereocenters. The number of carbonyl (C=O) groups is 2.